The van der Waals surface area contributed by atoms with E-state index < -0.39 is 0 Å². The van der Waals surface area contributed by atoms with Gasteiger partial charge in [0.2, 0.25) is 0 Å². The van der Waals surface area contributed by atoms with Crippen LogP contribution in [0.4, 0.5) is 0 Å². The van der Waals surface area contributed by atoms with E-state index in [0.717, 1.165) is 27.1 Å². The molecule has 0 aliphatic rings. The third-order valence-corrected chi connectivity index (χ3v) is 3.43. The number of carbonyl (C=O) groups excluding carboxylic acids is 1. The Morgan fingerprint density at radius 2 is 1.33 bits per heavy atom. The molecule has 0 saturated carbocycles. The summed E-state index contributed by atoms with van der Waals surface area (Å²) in [6.07, 6.45) is 0. The van der Waals surface area contributed by atoms with Gasteiger partial charge >= 0.3 is 0 Å². The number of amides is 1. The smallest absolute Gasteiger partial charge is 0.252 e. The van der Waals surface area contributed by atoms with Crippen LogP contribution in [0.25, 0.3) is 21.5 Å². The van der Waals surface area contributed by atoms with Crippen LogP contribution in [0.5, 0.6) is 0 Å². The Kier molecular flexibility index (Phi) is 8.52. The van der Waals surface area contributed by atoms with Crippen LogP contribution in [0, 0.1) is 0 Å². The molecule has 0 unspecified atom stereocenters. The Morgan fingerprint density at radius 1 is 0.875 bits per heavy atom. The van der Waals surface area contributed by atoms with E-state index in [9.17, 15) is 4.79 Å². The lowest BCUT2D eigenvalue weighted by molar-refractivity contribution is 0.0958. The van der Waals surface area contributed by atoms with Crippen molar-refractivity contribution in [2.75, 3.05) is 13.1 Å². The van der Waals surface area contributed by atoms with Gasteiger partial charge in [-0.3, -0.25) is 4.79 Å². The summed E-state index contributed by atoms with van der Waals surface area (Å²) >= 11 is 0. The Labute approximate surface area is 144 Å². The van der Waals surface area contributed by atoms with E-state index in [1.807, 2.05) is 76.2 Å². The second kappa shape index (κ2) is 10.4. The molecule has 0 aliphatic carbocycles. The molecule has 0 atom stereocenters. The fraction of sp³-hybridized carbons (Fsp3) is 0.286. The van der Waals surface area contributed by atoms with Crippen LogP contribution in [0.2, 0.25) is 0 Å². The zero-order chi connectivity index (χ0) is 17.9. The molecule has 3 aromatic carbocycles. The number of benzene rings is 3. The van der Waals surface area contributed by atoms with E-state index in [0.29, 0.717) is 13.1 Å². The number of fused-ring (bicyclic) bond motifs is 2. The molecule has 3 aromatic rings. The summed E-state index contributed by atoms with van der Waals surface area (Å²) < 4.78 is 0. The molecule has 0 radical (unpaired) electrons. The van der Waals surface area contributed by atoms with Crippen molar-refractivity contribution in [3.05, 3.63) is 60.2 Å². The zero-order valence-electron chi connectivity index (χ0n) is 15.1. The number of nitrogens with two attached hydrogens (primary N) is 1. The van der Waals surface area contributed by atoms with E-state index in [2.05, 4.69) is 11.4 Å². The summed E-state index contributed by atoms with van der Waals surface area (Å²) in [5, 5.41) is 6.96. The number of hydrogen-bond acceptors (Lipinski definition) is 2. The first-order chi connectivity index (χ1) is 11.8. The molecule has 3 heteroatoms. The predicted molar refractivity (Wildman–Crippen MR) is 106 cm³/mol. The van der Waals surface area contributed by atoms with E-state index >= 15 is 0 Å². The van der Waals surface area contributed by atoms with Gasteiger partial charge in [0.15, 0.2) is 0 Å². The van der Waals surface area contributed by atoms with Gasteiger partial charge in [-0.25, -0.2) is 0 Å². The van der Waals surface area contributed by atoms with Crippen molar-refractivity contribution in [3.63, 3.8) is 0 Å². The average Bonchev–Trinajstić information content (AvgIpc) is 2.67. The number of rotatable bonds is 3. The van der Waals surface area contributed by atoms with Gasteiger partial charge in [-0.1, -0.05) is 76.2 Å². The van der Waals surface area contributed by atoms with Gasteiger partial charge in [0.1, 0.15) is 0 Å². The number of nitrogens with one attached hydrogen (secondary N) is 1. The maximum Gasteiger partial charge on any atom is 0.252 e. The molecule has 128 valence electrons. The minimum absolute atomic E-state index is 0.0663. The Morgan fingerprint density at radius 3 is 1.79 bits per heavy atom. The standard InChI is InChI=1S/C17H16N2O.2C2H6/c18-9-10-19-17(20)16-14-7-3-1-5-12(14)11-13-6-2-4-8-15(13)16;2*1-2/h1-8,11H,9-10,18H2,(H,19,20);2*1-2H3. The van der Waals surface area contributed by atoms with E-state index in [-0.39, 0.29) is 5.91 Å². The van der Waals surface area contributed by atoms with E-state index in [1.54, 1.807) is 0 Å². The highest BCUT2D eigenvalue weighted by Gasteiger charge is 2.13. The molecular formula is C21H28N2O. The third-order valence-electron chi connectivity index (χ3n) is 3.43. The summed E-state index contributed by atoms with van der Waals surface area (Å²) in [6, 6.07) is 18.0. The van der Waals surface area contributed by atoms with Crippen LogP contribution in [0.15, 0.2) is 54.6 Å². The molecule has 0 fully saturated rings. The monoisotopic (exact) mass is 324 g/mol. The fourth-order valence-electron chi connectivity index (χ4n) is 2.53. The van der Waals surface area contributed by atoms with Gasteiger partial charge in [-0.2, -0.15) is 0 Å². The SMILES string of the molecule is CC.CC.NCCNC(=O)c1c2ccccc2cc2ccccc12. The summed E-state index contributed by atoms with van der Waals surface area (Å²) in [4.78, 5) is 12.5. The van der Waals surface area contributed by atoms with E-state index in [1.165, 1.54) is 0 Å². The van der Waals surface area contributed by atoms with Crippen LogP contribution in [-0.2, 0) is 0 Å². The van der Waals surface area contributed by atoms with Crippen LogP contribution in [0.3, 0.4) is 0 Å². The van der Waals surface area contributed by atoms with Crippen LogP contribution >= 0.6 is 0 Å². The maximum atomic E-state index is 12.5. The molecule has 3 N–H and O–H groups in total. The Balaban J connectivity index is 0.000000671. The van der Waals surface area contributed by atoms with Crippen molar-refractivity contribution in [1.82, 2.24) is 5.32 Å². The lowest BCUT2D eigenvalue weighted by atomic mass is 9.96. The molecule has 0 heterocycles. The van der Waals surface area contributed by atoms with Crippen molar-refractivity contribution >= 4 is 27.5 Å². The summed E-state index contributed by atoms with van der Waals surface area (Å²) in [7, 11) is 0. The third kappa shape index (κ3) is 4.33. The highest BCUT2D eigenvalue weighted by atomic mass is 16.1. The second-order valence-electron chi connectivity index (χ2n) is 4.74. The molecule has 0 aliphatic heterocycles. The largest absolute Gasteiger partial charge is 0.351 e. The van der Waals surface area contributed by atoms with Crippen molar-refractivity contribution in [3.8, 4) is 0 Å². The molecule has 3 nitrogen and oxygen atoms in total. The van der Waals surface area contributed by atoms with Crippen molar-refractivity contribution in [2.45, 2.75) is 27.7 Å². The highest BCUT2D eigenvalue weighted by molar-refractivity contribution is 6.18. The lowest BCUT2D eigenvalue weighted by Gasteiger charge is -2.11. The van der Waals surface area contributed by atoms with Gasteiger partial charge in [0.25, 0.3) is 5.91 Å². The van der Waals surface area contributed by atoms with Crippen molar-refractivity contribution < 1.29 is 4.79 Å². The first kappa shape index (κ1) is 19.7. The van der Waals surface area contributed by atoms with Crippen molar-refractivity contribution in [1.29, 1.82) is 0 Å². The topological polar surface area (TPSA) is 55.1 Å². The Bertz CT molecular complexity index is 727. The molecule has 1 amide bonds. The highest BCUT2D eigenvalue weighted by Crippen LogP contribution is 2.28. The van der Waals surface area contributed by atoms with Crippen molar-refractivity contribution in [2.24, 2.45) is 5.73 Å². The molecule has 0 aromatic heterocycles. The molecule has 3 rings (SSSR count). The summed E-state index contributed by atoms with van der Waals surface area (Å²) in [5.41, 5.74) is 6.19. The average molecular weight is 324 g/mol. The first-order valence-corrected chi connectivity index (χ1v) is 8.70. The quantitative estimate of drug-likeness (QED) is 0.684. The van der Waals surface area contributed by atoms with Crippen LogP contribution in [-0.4, -0.2) is 19.0 Å². The fourth-order valence-corrected chi connectivity index (χ4v) is 2.53. The molecule has 0 spiro atoms. The molecular weight excluding hydrogens is 296 g/mol. The van der Waals surface area contributed by atoms with Gasteiger partial charge in [-0.15, -0.1) is 0 Å². The normalized spacial score (nSPS) is 9.54. The number of hydrogen-bond donors (Lipinski definition) is 2. The maximum absolute atomic E-state index is 12.5. The van der Waals surface area contributed by atoms with Gasteiger partial charge in [0.05, 0.1) is 5.56 Å². The minimum atomic E-state index is -0.0663. The molecule has 24 heavy (non-hydrogen) atoms. The van der Waals surface area contributed by atoms with E-state index in [4.69, 9.17) is 5.73 Å². The summed E-state index contributed by atoms with van der Waals surface area (Å²) in [6.45, 7) is 8.92. The van der Waals surface area contributed by atoms with Crippen LogP contribution < -0.4 is 11.1 Å². The summed E-state index contributed by atoms with van der Waals surface area (Å²) in [5.74, 6) is -0.0663. The number of carbonyl (C=O) groups is 1. The predicted octanol–water partition coefficient (Wildman–Crippen LogP) is 4.73. The van der Waals surface area contributed by atoms with Gasteiger partial charge in [0, 0.05) is 13.1 Å². The second-order valence-corrected chi connectivity index (χ2v) is 4.74. The van der Waals surface area contributed by atoms with Gasteiger partial charge < -0.3 is 11.1 Å². The van der Waals surface area contributed by atoms with Crippen LogP contribution in [0.1, 0.15) is 38.1 Å². The first-order valence-electron chi connectivity index (χ1n) is 8.70. The van der Waals surface area contributed by atoms with Gasteiger partial charge in [-0.05, 0) is 27.6 Å². The zero-order valence-corrected chi connectivity index (χ0v) is 15.1. The lowest BCUT2D eigenvalue weighted by Crippen LogP contribution is -2.29. The Hall–Kier alpha value is -2.39. The minimum Gasteiger partial charge on any atom is -0.351 e. The molecule has 0 bridgehead atoms. The molecule has 0 saturated heterocycles.